The van der Waals surface area contributed by atoms with Crippen LogP contribution in [0.15, 0.2) is 29.4 Å². The van der Waals surface area contributed by atoms with E-state index in [1.54, 1.807) is 43.3 Å². The molecule has 0 aliphatic rings. The second kappa shape index (κ2) is 4.79. The molecule has 1 rings (SSSR count). The monoisotopic (exact) mass is 226 g/mol. The Morgan fingerprint density at radius 3 is 2.60 bits per heavy atom. The summed E-state index contributed by atoms with van der Waals surface area (Å²) in [7, 11) is 3.54. The molecule has 0 bridgehead atoms. The van der Waals surface area contributed by atoms with Crippen LogP contribution in [-0.2, 0) is 0 Å². The molecular formula is C10H11ClN2O2. The summed E-state index contributed by atoms with van der Waals surface area (Å²) in [6.45, 7) is 0. The maximum Gasteiger partial charge on any atom is 0.276 e. The fraction of sp³-hybridized carbons (Fsp3) is 0.200. The van der Waals surface area contributed by atoms with Crippen LogP contribution in [0.3, 0.4) is 0 Å². The van der Waals surface area contributed by atoms with E-state index < -0.39 is 4.92 Å². The van der Waals surface area contributed by atoms with Gasteiger partial charge >= 0.3 is 0 Å². The number of nitrogens with zero attached hydrogens (tertiary/aromatic N) is 2. The molecule has 4 nitrogen and oxygen atoms in total. The highest BCUT2D eigenvalue weighted by atomic mass is 35.5. The first kappa shape index (κ1) is 11.5. The van der Waals surface area contributed by atoms with Crippen LogP contribution >= 0.6 is 11.6 Å². The average Bonchev–Trinajstić information content (AvgIpc) is 2.18. The van der Waals surface area contributed by atoms with Crippen molar-refractivity contribution in [2.75, 3.05) is 14.1 Å². The van der Waals surface area contributed by atoms with Crippen molar-refractivity contribution in [3.05, 3.63) is 45.1 Å². The lowest BCUT2D eigenvalue weighted by Crippen LogP contribution is -2.06. The first-order chi connectivity index (χ1) is 7.02. The summed E-state index contributed by atoms with van der Waals surface area (Å²) in [4.78, 5) is 11.9. The van der Waals surface area contributed by atoms with Crippen molar-refractivity contribution in [3.63, 3.8) is 0 Å². The summed E-state index contributed by atoms with van der Waals surface area (Å²) in [5, 5.41) is 11.1. The van der Waals surface area contributed by atoms with Crippen LogP contribution in [0.2, 0.25) is 0 Å². The van der Waals surface area contributed by atoms with Gasteiger partial charge in [-0.2, -0.15) is 0 Å². The molecule has 0 saturated carbocycles. The SMILES string of the molecule is CN(C)C(Cl)=Cc1ccccc1[N+](=O)[O-]. The van der Waals surface area contributed by atoms with E-state index in [0.717, 1.165) is 0 Å². The van der Waals surface area contributed by atoms with Gasteiger partial charge < -0.3 is 4.90 Å². The highest BCUT2D eigenvalue weighted by Gasteiger charge is 2.10. The van der Waals surface area contributed by atoms with Crippen LogP contribution in [0, 0.1) is 10.1 Å². The van der Waals surface area contributed by atoms with Crippen molar-refractivity contribution in [1.82, 2.24) is 4.90 Å². The van der Waals surface area contributed by atoms with E-state index in [2.05, 4.69) is 0 Å². The summed E-state index contributed by atoms with van der Waals surface area (Å²) in [6.07, 6.45) is 1.57. The van der Waals surface area contributed by atoms with Crippen LogP contribution in [0.25, 0.3) is 6.08 Å². The number of nitro groups is 1. The zero-order valence-electron chi connectivity index (χ0n) is 8.48. The van der Waals surface area contributed by atoms with Gasteiger partial charge in [-0.3, -0.25) is 10.1 Å². The maximum absolute atomic E-state index is 10.7. The summed E-state index contributed by atoms with van der Waals surface area (Å²) in [5.74, 6) is 0. The van der Waals surface area contributed by atoms with Crippen LogP contribution in [0.5, 0.6) is 0 Å². The number of rotatable bonds is 3. The number of nitro benzene ring substituents is 1. The number of hydrogen-bond donors (Lipinski definition) is 0. The molecule has 1 aromatic carbocycles. The standard InChI is InChI=1S/C10H11ClN2O2/c1-12(2)10(11)7-8-5-3-4-6-9(8)13(14)15/h3-7H,1-2H3. The topological polar surface area (TPSA) is 46.4 Å². The van der Waals surface area contributed by atoms with E-state index in [-0.39, 0.29) is 5.69 Å². The van der Waals surface area contributed by atoms with E-state index in [9.17, 15) is 10.1 Å². The lowest BCUT2D eigenvalue weighted by molar-refractivity contribution is -0.385. The fourth-order valence-electron chi connectivity index (χ4n) is 1.03. The van der Waals surface area contributed by atoms with Crippen LogP contribution < -0.4 is 0 Å². The molecular weight excluding hydrogens is 216 g/mol. The number of hydrogen-bond acceptors (Lipinski definition) is 3. The molecule has 0 fully saturated rings. The molecule has 0 atom stereocenters. The molecule has 0 N–H and O–H groups in total. The van der Waals surface area contributed by atoms with Gasteiger partial charge in [0.1, 0.15) is 5.16 Å². The Morgan fingerprint density at radius 2 is 2.07 bits per heavy atom. The quantitative estimate of drug-likeness (QED) is 0.452. The largest absolute Gasteiger partial charge is 0.368 e. The Bertz CT molecular complexity index is 402. The predicted octanol–water partition coefficient (Wildman–Crippen LogP) is 2.69. The van der Waals surface area contributed by atoms with E-state index in [1.807, 2.05) is 0 Å². The van der Waals surface area contributed by atoms with Crippen LogP contribution in [0.1, 0.15) is 5.56 Å². The van der Waals surface area contributed by atoms with Gasteiger partial charge in [0.25, 0.3) is 5.69 Å². The molecule has 5 heteroatoms. The van der Waals surface area contributed by atoms with Gasteiger partial charge in [-0.25, -0.2) is 0 Å². The zero-order valence-corrected chi connectivity index (χ0v) is 9.23. The minimum atomic E-state index is -0.425. The molecule has 0 radical (unpaired) electrons. The summed E-state index contributed by atoms with van der Waals surface area (Å²) in [6, 6.07) is 6.47. The van der Waals surface area contributed by atoms with Crippen molar-refractivity contribution in [1.29, 1.82) is 0 Å². The minimum absolute atomic E-state index is 0.0532. The van der Waals surface area contributed by atoms with E-state index >= 15 is 0 Å². The third-order valence-corrected chi connectivity index (χ3v) is 2.28. The molecule has 0 aliphatic heterocycles. The first-order valence-corrected chi connectivity index (χ1v) is 4.68. The molecule has 0 heterocycles. The van der Waals surface area contributed by atoms with Crippen molar-refractivity contribution in [2.24, 2.45) is 0 Å². The van der Waals surface area contributed by atoms with Crippen molar-refractivity contribution in [3.8, 4) is 0 Å². The molecule has 0 spiro atoms. The highest BCUT2D eigenvalue weighted by molar-refractivity contribution is 6.31. The number of halogens is 1. The molecule has 80 valence electrons. The fourth-order valence-corrected chi connectivity index (χ4v) is 1.15. The second-order valence-electron chi connectivity index (χ2n) is 3.18. The number of benzene rings is 1. The van der Waals surface area contributed by atoms with E-state index in [1.165, 1.54) is 6.07 Å². The van der Waals surface area contributed by atoms with Crippen molar-refractivity contribution in [2.45, 2.75) is 0 Å². The van der Waals surface area contributed by atoms with Gasteiger partial charge in [-0.15, -0.1) is 0 Å². The average molecular weight is 227 g/mol. The van der Waals surface area contributed by atoms with Gasteiger partial charge in [0.2, 0.25) is 0 Å². The van der Waals surface area contributed by atoms with Crippen LogP contribution in [-0.4, -0.2) is 23.9 Å². The Hall–Kier alpha value is -1.55. The van der Waals surface area contributed by atoms with Crippen molar-refractivity contribution < 1.29 is 4.92 Å². The van der Waals surface area contributed by atoms with E-state index in [0.29, 0.717) is 10.7 Å². The molecule has 0 aromatic heterocycles. The maximum atomic E-state index is 10.7. The summed E-state index contributed by atoms with van der Waals surface area (Å²) < 4.78 is 0. The molecule has 0 unspecified atom stereocenters. The Balaban J connectivity index is 3.15. The van der Waals surface area contributed by atoms with Crippen LogP contribution in [0.4, 0.5) is 5.69 Å². The van der Waals surface area contributed by atoms with Gasteiger partial charge in [0.15, 0.2) is 0 Å². The highest BCUT2D eigenvalue weighted by Crippen LogP contribution is 2.22. The lowest BCUT2D eigenvalue weighted by atomic mass is 10.2. The Labute approximate surface area is 92.9 Å². The minimum Gasteiger partial charge on any atom is -0.368 e. The van der Waals surface area contributed by atoms with E-state index in [4.69, 9.17) is 11.6 Å². The Kier molecular flexibility index (Phi) is 3.68. The number of para-hydroxylation sites is 1. The van der Waals surface area contributed by atoms with Gasteiger partial charge in [-0.05, 0) is 12.1 Å². The third-order valence-electron chi connectivity index (χ3n) is 1.84. The molecule has 1 aromatic rings. The molecule has 0 amide bonds. The lowest BCUT2D eigenvalue weighted by Gasteiger charge is -2.09. The molecule has 15 heavy (non-hydrogen) atoms. The first-order valence-electron chi connectivity index (χ1n) is 4.30. The van der Waals surface area contributed by atoms with Crippen molar-refractivity contribution >= 4 is 23.4 Å². The third kappa shape index (κ3) is 2.95. The normalized spacial score (nSPS) is 11.3. The van der Waals surface area contributed by atoms with Gasteiger partial charge in [-0.1, -0.05) is 23.7 Å². The predicted molar refractivity (Wildman–Crippen MR) is 60.6 cm³/mol. The summed E-state index contributed by atoms with van der Waals surface area (Å²) >= 11 is 5.89. The smallest absolute Gasteiger partial charge is 0.276 e. The zero-order chi connectivity index (χ0) is 11.4. The molecule has 0 saturated heterocycles. The molecule has 0 aliphatic carbocycles. The summed E-state index contributed by atoms with van der Waals surface area (Å²) in [5.41, 5.74) is 0.554. The van der Waals surface area contributed by atoms with Gasteiger partial charge in [0.05, 0.1) is 10.5 Å². The van der Waals surface area contributed by atoms with Gasteiger partial charge in [0, 0.05) is 20.2 Å². The Morgan fingerprint density at radius 1 is 1.47 bits per heavy atom. The second-order valence-corrected chi connectivity index (χ2v) is 3.56.